The summed E-state index contributed by atoms with van der Waals surface area (Å²) in [7, 11) is 0. The molecule has 1 atom stereocenters. The molecule has 1 amide bonds. The van der Waals surface area contributed by atoms with E-state index < -0.39 is 0 Å². The zero-order valence-electron chi connectivity index (χ0n) is 19.0. The van der Waals surface area contributed by atoms with Crippen molar-refractivity contribution < 1.29 is 9.59 Å². The molecule has 2 aromatic carbocycles. The molecule has 5 nitrogen and oxygen atoms in total. The Morgan fingerprint density at radius 3 is 2.56 bits per heavy atom. The highest BCUT2D eigenvalue weighted by Crippen LogP contribution is 2.49. The number of amides is 1. The van der Waals surface area contributed by atoms with Gasteiger partial charge in [0.1, 0.15) is 0 Å². The summed E-state index contributed by atoms with van der Waals surface area (Å²) >= 11 is 9.49. The van der Waals surface area contributed by atoms with Crippen molar-refractivity contribution in [2.75, 3.05) is 4.90 Å². The number of carbonyl (C=O) groups is 2. The van der Waals surface area contributed by atoms with E-state index >= 15 is 0 Å². The molecule has 0 N–H and O–H groups in total. The summed E-state index contributed by atoms with van der Waals surface area (Å²) in [6.07, 6.45) is 1.25. The lowest BCUT2D eigenvalue weighted by Gasteiger charge is -2.41. The minimum atomic E-state index is -0.337. The van der Waals surface area contributed by atoms with E-state index in [2.05, 4.69) is 36.2 Å². The standard InChI is InChI=1S/C26H24ClN3O2S2/c1-26(2)13-20-23(21(31)14-26)18(17-10-6-7-11-19(17)27)12-22(32)30(20)24-28-29-25(34-24)33-15-16-8-4-3-5-9-16/h3-11,18H,12-15H2,1-2H3/t18-/m1/s1. The number of anilines is 1. The lowest BCUT2D eigenvalue weighted by atomic mass is 9.69. The van der Waals surface area contributed by atoms with Gasteiger partial charge in [0.25, 0.3) is 0 Å². The number of ketones is 1. The third-order valence-electron chi connectivity index (χ3n) is 6.22. The van der Waals surface area contributed by atoms with Crippen LogP contribution in [-0.2, 0) is 15.3 Å². The molecular formula is C26H24ClN3O2S2. The molecule has 0 fully saturated rings. The van der Waals surface area contributed by atoms with Gasteiger partial charge in [-0.3, -0.25) is 14.5 Å². The molecule has 2 aliphatic rings. The van der Waals surface area contributed by atoms with Crippen LogP contribution in [0.15, 0.2) is 70.2 Å². The van der Waals surface area contributed by atoms with Crippen LogP contribution in [0.4, 0.5) is 5.13 Å². The number of nitrogens with zero attached hydrogens (tertiary/aromatic N) is 3. The van der Waals surface area contributed by atoms with E-state index in [0.29, 0.717) is 28.6 Å². The lowest BCUT2D eigenvalue weighted by molar-refractivity contribution is -0.121. The highest BCUT2D eigenvalue weighted by atomic mass is 35.5. The fraction of sp³-hybridized carbons (Fsp3) is 0.308. The molecule has 0 bridgehead atoms. The van der Waals surface area contributed by atoms with Crippen LogP contribution < -0.4 is 4.90 Å². The molecule has 0 spiro atoms. The van der Waals surface area contributed by atoms with Gasteiger partial charge in [0, 0.05) is 40.8 Å². The Bertz CT molecular complexity index is 1290. The van der Waals surface area contributed by atoms with Gasteiger partial charge in [0.2, 0.25) is 11.0 Å². The monoisotopic (exact) mass is 509 g/mol. The van der Waals surface area contributed by atoms with Crippen LogP contribution in [0.25, 0.3) is 0 Å². The smallest absolute Gasteiger partial charge is 0.234 e. The molecule has 0 radical (unpaired) electrons. The summed E-state index contributed by atoms with van der Waals surface area (Å²) in [5.74, 6) is 0.440. The molecule has 0 saturated carbocycles. The number of carbonyl (C=O) groups excluding carboxylic acids is 2. The predicted octanol–water partition coefficient (Wildman–Crippen LogP) is 6.65. The van der Waals surface area contributed by atoms with Gasteiger partial charge in [0.15, 0.2) is 10.1 Å². The number of halogens is 1. The van der Waals surface area contributed by atoms with Gasteiger partial charge in [-0.15, -0.1) is 10.2 Å². The van der Waals surface area contributed by atoms with E-state index in [1.165, 1.54) is 16.9 Å². The third-order valence-corrected chi connectivity index (χ3v) is 8.67. The molecule has 174 valence electrons. The Hall–Kier alpha value is -2.48. The van der Waals surface area contributed by atoms with Crippen molar-refractivity contribution >= 4 is 51.5 Å². The molecule has 1 aliphatic heterocycles. The number of allylic oxidation sites excluding steroid dienone is 2. The average molecular weight is 510 g/mol. The number of thioether (sulfide) groups is 1. The maximum absolute atomic E-state index is 13.5. The molecule has 34 heavy (non-hydrogen) atoms. The first kappa shape index (κ1) is 23.3. The number of Topliss-reactive ketones (excluding diaryl/α,β-unsaturated/α-hetero) is 1. The summed E-state index contributed by atoms with van der Waals surface area (Å²) in [5.41, 5.74) is 3.23. The van der Waals surface area contributed by atoms with Crippen molar-refractivity contribution in [1.29, 1.82) is 0 Å². The van der Waals surface area contributed by atoms with Gasteiger partial charge in [-0.2, -0.15) is 0 Å². The summed E-state index contributed by atoms with van der Waals surface area (Å²) in [6, 6.07) is 17.7. The molecule has 5 rings (SSSR count). The maximum Gasteiger partial charge on any atom is 0.234 e. The fourth-order valence-electron chi connectivity index (χ4n) is 4.73. The summed E-state index contributed by atoms with van der Waals surface area (Å²) in [4.78, 5) is 28.6. The minimum Gasteiger partial charge on any atom is -0.294 e. The van der Waals surface area contributed by atoms with E-state index in [1.54, 1.807) is 16.7 Å². The van der Waals surface area contributed by atoms with Crippen LogP contribution in [0, 0.1) is 5.41 Å². The van der Waals surface area contributed by atoms with Gasteiger partial charge in [-0.25, -0.2) is 0 Å². The Labute approximate surface area is 212 Å². The van der Waals surface area contributed by atoms with Crippen molar-refractivity contribution in [2.45, 2.75) is 49.1 Å². The number of aromatic nitrogens is 2. The summed E-state index contributed by atoms with van der Waals surface area (Å²) in [6.45, 7) is 4.13. The Morgan fingerprint density at radius 1 is 1.06 bits per heavy atom. The van der Waals surface area contributed by atoms with Crippen molar-refractivity contribution in [1.82, 2.24) is 10.2 Å². The zero-order valence-corrected chi connectivity index (χ0v) is 21.3. The molecule has 2 heterocycles. The molecule has 3 aromatic rings. The first-order valence-corrected chi connectivity index (χ1v) is 13.3. The van der Waals surface area contributed by atoms with Gasteiger partial charge in [-0.05, 0) is 29.0 Å². The second-order valence-corrected chi connectivity index (χ2v) is 12.0. The molecule has 1 aliphatic carbocycles. The Kier molecular flexibility index (Phi) is 6.35. The Morgan fingerprint density at radius 2 is 1.79 bits per heavy atom. The second-order valence-electron chi connectivity index (χ2n) is 9.43. The topological polar surface area (TPSA) is 63.2 Å². The van der Waals surface area contributed by atoms with E-state index in [-0.39, 0.29) is 29.4 Å². The molecule has 0 unspecified atom stereocenters. The second kappa shape index (κ2) is 9.29. The quantitative estimate of drug-likeness (QED) is 0.284. The van der Waals surface area contributed by atoms with Crippen molar-refractivity contribution in [2.24, 2.45) is 5.41 Å². The summed E-state index contributed by atoms with van der Waals surface area (Å²) < 4.78 is 0.795. The number of benzene rings is 2. The molecule has 8 heteroatoms. The maximum atomic E-state index is 13.5. The van der Waals surface area contributed by atoms with E-state index in [1.807, 2.05) is 42.5 Å². The van der Waals surface area contributed by atoms with Crippen LogP contribution in [-0.4, -0.2) is 21.9 Å². The fourth-order valence-corrected chi connectivity index (χ4v) is 6.84. The highest BCUT2D eigenvalue weighted by Gasteiger charge is 2.45. The third kappa shape index (κ3) is 4.57. The molecular weight excluding hydrogens is 486 g/mol. The lowest BCUT2D eigenvalue weighted by Crippen LogP contribution is -2.43. The van der Waals surface area contributed by atoms with Gasteiger partial charge < -0.3 is 0 Å². The van der Waals surface area contributed by atoms with Gasteiger partial charge in [-0.1, -0.05) is 97.1 Å². The van der Waals surface area contributed by atoms with Gasteiger partial charge >= 0.3 is 0 Å². The zero-order chi connectivity index (χ0) is 23.9. The van der Waals surface area contributed by atoms with Crippen molar-refractivity contribution in [3.63, 3.8) is 0 Å². The van der Waals surface area contributed by atoms with Crippen molar-refractivity contribution in [3.8, 4) is 0 Å². The van der Waals surface area contributed by atoms with Crippen molar-refractivity contribution in [3.05, 3.63) is 82.0 Å². The first-order valence-electron chi connectivity index (χ1n) is 11.2. The van der Waals surface area contributed by atoms with Crippen LogP contribution in [0.1, 0.15) is 50.2 Å². The molecule has 1 aromatic heterocycles. The number of rotatable bonds is 5. The number of hydrogen-bond acceptors (Lipinski definition) is 6. The van der Waals surface area contributed by atoms with Crippen LogP contribution in [0.2, 0.25) is 5.02 Å². The van der Waals surface area contributed by atoms with Crippen LogP contribution >= 0.6 is 34.7 Å². The summed E-state index contributed by atoms with van der Waals surface area (Å²) in [5, 5.41) is 9.80. The average Bonchev–Trinajstić information content (AvgIpc) is 3.25. The number of hydrogen-bond donors (Lipinski definition) is 0. The predicted molar refractivity (Wildman–Crippen MR) is 137 cm³/mol. The normalized spacial score (nSPS) is 20.0. The minimum absolute atomic E-state index is 0.0788. The van der Waals surface area contributed by atoms with Gasteiger partial charge in [0.05, 0.1) is 0 Å². The first-order chi connectivity index (χ1) is 16.3. The van der Waals surface area contributed by atoms with E-state index in [9.17, 15) is 9.59 Å². The largest absolute Gasteiger partial charge is 0.294 e. The SMILES string of the molecule is CC1(C)CC(=O)C2=C(C1)N(c1nnc(SCc3ccccc3)s1)C(=O)C[C@@H]2c1ccccc1Cl. The Balaban J connectivity index is 1.51. The van der Waals surface area contributed by atoms with Crippen LogP contribution in [0.5, 0.6) is 0 Å². The van der Waals surface area contributed by atoms with E-state index in [0.717, 1.165) is 21.4 Å². The van der Waals surface area contributed by atoms with E-state index in [4.69, 9.17) is 11.6 Å². The highest BCUT2D eigenvalue weighted by molar-refractivity contribution is 8.00. The van der Waals surface area contributed by atoms with Crippen LogP contribution in [0.3, 0.4) is 0 Å². The molecule has 0 saturated heterocycles.